The fourth-order valence-corrected chi connectivity index (χ4v) is 2.56. The predicted molar refractivity (Wildman–Crippen MR) is 78.9 cm³/mol. The maximum atomic E-state index is 5.16. The smallest absolute Gasteiger partial charge is 0.118 e. The molecule has 0 heterocycles. The van der Waals surface area contributed by atoms with Crippen LogP contribution in [0.3, 0.4) is 0 Å². The SMILES string of the molecule is C/C=C(\Sc1ccc(OC)cc1)c1ccccc1. The van der Waals surface area contributed by atoms with Crippen molar-refractivity contribution in [2.45, 2.75) is 11.8 Å². The normalized spacial score (nSPS) is 11.3. The monoisotopic (exact) mass is 256 g/mol. The summed E-state index contributed by atoms with van der Waals surface area (Å²) in [6.07, 6.45) is 2.14. The predicted octanol–water partition coefficient (Wildman–Crippen LogP) is 4.85. The Morgan fingerprint density at radius 1 is 1.00 bits per heavy atom. The highest BCUT2D eigenvalue weighted by molar-refractivity contribution is 8.08. The van der Waals surface area contributed by atoms with E-state index in [9.17, 15) is 0 Å². The molecule has 0 fully saturated rings. The van der Waals surface area contributed by atoms with Crippen molar-refractivity contribution in [1.82, 2.24) is 0 Å². The Balaban J connectivity index is 2.16. The number of hydrogen-bond acceptors (Lipinski definition) is 2. The number of benzene rings is 2. The summed E-state index contributed by atoms with van der Waals surface area (Å²) in [6.45, 7) is 2.07. The van der Waals surface area contributed by atoms with Gasteiger partial charge in [-0.3, -0.25) is 0 Å². The van der Waals surface area contributed by atoms with Gasteiger partial charge in [0, 0.05) is 9.80 Å². The van der Waals surface area contributed by atoms with Crippen LogP contribution >= 0.6 is 11.8 Å². The average molecular weight is 256 g/mol. The molecule has 0 amide bonds. The van der Waals surface area contributed by atoms with Gasteiger partial charge in [-0.25, -0.2) is 0 Å². The minimum Gasteiger partial charge on any atom is -0.497 e. The molecule has 0 saturated carbocycles. The van der Waals surface area contributed by atoms with Gasteiger partial charge in [-0.05, 0) is 36.8 Å². The van der Waals surface area contributed by atoms with Crippen molar-refractivity contribution < 1.29 is 4.74 Å². The van der Waals surface area contributed by atoms with Gasteiger partial charge in [0.2, 0.25) is 0 Å². The zero-order valence-electron chi connectivity index (χ0n) is 10.6. The van der Waals surface area contributed by atoms with Gasteiger partial charge >= 0.3 is 0 Å². The van der Waals surface area contributed by atoms with Gasteiger partial charge in [0.1, 0.15) is 5.75 Å². The number of allylic oxidation sites excluding steroid dienone is 1. The third kappa shape index (κ3) is 3.17. The fourth-order valence-electron chi connectivity index (χ4n) is 1.66. The maximum absolute atomic E-state index is 5.16. The van der Waals surface area contributed by atoms with Crippen LogP contribution in [0.5, 0.6) is 5.75 Å². The van der Waals surface area contributed by atoms with E-state index in [1.807, 2.05) is 18.2 Å². The first-order valence-corrected chi connectivity index (χ1v) is 6.69. The molecule has 0 spiro atoms. The molecule has 0 aromatic heterocycles. The lowest BCUT2D eigenvalue weighted by Gasteiger charge is -2.07. The molecule has 0 N–H and O–H groups in total. The summed E-state index contributed by atoms with van der Waals surface area (Å²) < 4.78 is 5.16. The number of thioether (sulfide) groups is 1. The summed E-state index contributed by atoms with van der Waals surface area (Å²) in [5.41, 5.74) is 1.25. The van der Waals surface area contributed by atoms with Crippen LogP contribution in [-0.4, -0.2) is 7.11 Å². The minimum atomic E-state index is 0.890. The van der Waals surface area contributed by atoms with Crippen LogP contribution < -0.4 is 4.74 Å². The first-order valence-electron chi connectivity index (χ1n) is 5.87. The van der Waals surface area contributed by atoms with Gasteiger partial charge in [-0.1, -0.05) is 48.2 Å². The first-order chi connectivity index (χ1) is 8.83. The summed E-state index contributed by atoms with van der Waals surface area (Å²) in [7, 11) is 1.68. The average Bonchev–Trinajstić information content (AvgIpc) is 2.46. The van der Waals surface area contributed by atoms with Gasteiger partial charge in [-0.15, -0.1) is 0 Å². The molecule has 0 saturated heterocycles. The molecule has 2 heteroatoms. The second kappa shape index (κ2) is 6.31. The van der Waals surface area contributed by atoms with E-state index in [1.54, 1.807) is 18.9 Å². The van der Waals surface area contributed by atoms with E-state index in [1.165, 1.54) is 15.4 Å². The molecule has 0 bridgehead atoms. The van der Waals surface area contributed by atoms with Crippen molar-refractivity contribution in [3.63, 3.8) is 0 Å². The Kier molecular flexibility index (Phi) is 4.48. The molecular weight excluding hydrogens is 240 g/mol. The Bertz CT molecular complexity index is 515. The van der Waals surface area contributed by atoms with Crippen molar-refractivity contribution in [2.75, 3.05) is 7.11 Å². The maximum Gasteiger partial charge on any atom is 0.118 e. The van der Waals surface area contributed by atoms with Crippen LogP contribution in [0.4, 0.5) is 0 Å². The number of methoxy groups -OCH3 is 1. The van der Waals surface area contributed by atoms with Gasteiger partial charge in [0.05, 0.1) is 7.11 Å². The van der Waals surface area contributed by atoms with Crippen molar-refractivity contribution in [3.8, 4) is 5.75 Å². The van der Waals surface area contributed by atoms with Crippen LogP contribution in [0.25, 0.3) is 4.91 Å². The third-order valence-electron chi connectivity index (χ3n) is 2.61. The van der Waals surface area contributed by atoms with Gasteiger partial charge in [-0.2, -0.15) is 0 Å². The highest BCUT2D eigenvalue weighted by Crippen LogP contribution is 2.34. The standard InChI is InChI=1S/C16H16OS/c1-3-16(13-7-5-4-6-8-13)18-15-11-9-14(17-2)10-12-15/h3-12H,1-2H3/b16-3-. The summed E-state index contributed by atoms with van der Waals surface area (Å²) in [5, 5.41) is 0. The molecule has 92 valence electrons. The van der Waals surface area contributed by atoms with Crippen molar-refractivity contribution in [1.29, 1.82) is 0 Å². The lowest BCUT2D eigenvalue weighted by atomic mass is 10.2. The molecule has 2 aromatic rings. The van der Waals surface area contributed by atoms with Crippen LogP contribution in [0.2, 0.25) is 0 Å². The van der Waals surface area contributed by atoms with Crippen molar-refractivity contribution in [2.24, 2.45) is 0 Å². The van der Waals surface area contributed by atoms with Crippen LogP contribution in [-0.2, 0) is 0 Å². The zero-order valence-corrected chi connectivity index (χ0v) is 11.4. The van der Waals surface area contributed by atoms with E-state index in [0.29, 0.717) is 0 Å². The van der Waals surface area contributed by atoms with Gasteiger partial charge in [0.25, 0.3) is 0 Å². The van der Waals surface area contributed by atoms with E-state index < -0.39 is 0 Å². The highest BCUT2D eigenvalue weighted by atomic mass is 32.2. The van der Waals surface area contributed by atoms with Crippen molar-refractivity contribution >= 4 is 16.7 Å². The third-order valence-corrected chi connectivity index (χ3v) is 3.81. The molecule has 2 rings (SSSR count). The van der Waals surface area contributed by atoms with E-state index in [4.69, 9.17) is 4.74 Å². The van der Waals surface area contributed by atoms with Crippen LogP contribution in [0.15, 0.2) is 65.6 Å². The Labute approximate surface area is 112 Å². The molecular formula is C16H16OS. The molecule has 0 aliphatic rings. The Morgan fingerprint density at radius 2 is 1.67 bits per heavy atom. The Morgan fingerprint density at radius 3 is 2.22 bits per heavy atom. The topological polar surface area (TPSA) is 9.23 Å². The zero-order chi connectivity index (χ0) is 12.8. The summed E-state index contributed by atoms with van der Waals surface area (Å²) in [6, 6.07) is 18.6. The molecule has 18 heavy (non-hydrogen) atoms. The molecule has 0 unspecified atom stereocenters. The summed E-state index contributed by atoms with van der Waals surface area (Å²) in [5.74, 6) is 0.890. The number of ether oxygens (including phenoxy) is 1. The van der Waals surface area contributed by atoms with Crippen molar-refractivity contribution in [3.05, 3.63) is 66.2 Å². The molecule has 0 aliphatic heterocycles. The number of rotatable bonds is 4. The molecule has 0 aliphatic carbocycles. The molecule has 1 nitrogen and oxygen atoms in total. The van der Waals surface area contributed by atoms with E-state index in [-0.39, 0.29) is 0 Å². The second-order valence-corrected chi connectivity index (χ2v) is 4.91. The first kappa shape index (κ1) is 12.8. The van der Waals surface area contributed by atoms with E-state index in [0.717, 1.165) is 5.75 Å². The van der Waals surface area contributed by atoms with Gasteiger partial charge in [0.15, 0.2) is 0 Å². The lowest BCUT2D eigenvalue weighted by Crippen LogP contribution is -1.82. The summed E-state index contributed by atoms with van der Waals surface area (Å²) in [4.78, 5) is 2.48. The minimum absolute atomic E-state index is 0.890. The largest absolute Gasteiger partial charge is 0.497 e. The highest BCUT2D eigenvalue weighted by Gasteiger charge is 2.02. The Hall–Kier alpha value is -1.67. The molecule has 0 atom stereocenters. The second-order valence-electron chi connectivity index (χ2n) is 3.80. The lowest BCUT2D eigenvalue weighted by molar-refractivity contribution is 0.414. The van der Waals surface area contributed by atoms with Crippen LogP contribution in [0.1, 0.15) is 12.5 Å². The molecule has 2 aromatic carbocycles. The van der Waals surface area contributed by atoms with E-state index in [2.05, 4.69) is 49.4 Å². The molecule has 0 radical (unpaired) electrons. The fraction of sp³-hybridized carbons (Fsp3) is 0.125. The quantitative estimate of drug-likeness (QED) is 0.723. The van der Waals surface area contributed by atoms with E-state index >= 15 is 0 Å². The van der Waals surface area contributed by atoms with Gasteiger partial charge < -0.3 is 4.74 Å². The van der Waals surface area contributed by atoms with Crippen LogP contribution in [0, 0.1) is 0 Å². The summed E-state index contributed by atoms with van der Waals surface area (Å²) >= 11 is 1.77. The number of hydrogen-bond donors (Lipinski definition) is 0.